The van der Waals surface area contributed by atoms with Crippen molar-refractivity contribution in [1.29, 1.82) is 0 Å². The van der Waals surface area contributed by atoms with Crippen LogP contribution in [0.25, 0.3) is 21.9 Å². The Labute approximate surface area is 147 Å². The monoisotopic (exact) mass is 352 g/mol. The molecular weight excluding hydrogens is 338 g/mol. The van der Waals surface area contributed by atoms with Gasteiger partial charge in [0, 0.05) is 29.6 Å². The van der Waals surface area contributed by atoms with Crippen LogP contribution in [-0.4, -0.2) is 22.6 Å². The van der Waals surface area contributed by atoms with E-state index in [-0.39, 0.29) is 6.54 Å². The van der Waals surface area contributed by atoms with Gasteiger partial charge in [-0.2, -0.15) is 0 Å². The van der Waals surface area contributed by atoms with Gasteiger partial charge in [0.1, 0.15) is 17.3 Å². The Hall–Kier alpha value is -3.28. The summed E-state index contributed by atoms with van der Waals surface area (Å²) in [7, 11) is 1.31. The molecule has 0 radical (unpaired) electrons. The summed E-state index contributed by atoms with van der Waals surface area (Å²) in [5.74, 6) is -1.72. The molecule has 0 atom stereocenters. The van der Waals surface area contributed by atoms with E-state index in [2.05, 4.69) is 4.98 Å². The van der Waals surface area contributed by atoms with Crippen molar-refractivity contribution in [2.45, 2.75) is 6.54 Å². The Balaban J connectivity index is 1.94. The van der Waals surface area contributed by atoms with Crippen LogP contribution < -0.4 is 0 Å². The smallest absolute Gasteiger partial charge is 0.339 e. The van der Waals surface area contributed by atoms with Crippen LogP contribution in [0, 0.1) is 11.6 Å². The number of aromatic nitrogens is 2. The van der Waals surface area contributed by atoms with Crippen LogP contribution in [0.5, 0.6) is 0 Å². The molecule has 0 aliphatic rings. The number of methoxy groups -OCH3 is 1. The van der Waals surface area contributed by atoms with E-state index in [1.807, 2.05) is 28.8 Å². The molecule has 0 saturated heterocycles. The molecule has 0 aliphatic heterocycles. The van der Waals surface area contributed by atoms with Crippen LogP contribution in [0.15, 0.2) is 54.7 Å². The first-order valence-electron chi connectivity index (χ1n) is 7.97. The van der Waals surface area contributed by atoms with Crippen molar-refractivity contribution in [2.24, 2.45) is 0 Å². The van der Waals surface area contributed by atoms with Crippen LogP contribution in [-0.2, 0) is 11.3 Å². The number of benzene rings is 2. The second-order valence-corrected chi connectivity index (χ2v) is 5.97. The minimum atomic E-state index is -0.623. The van der Waals surface area contributed by atoms with Gasteiger partial charge < -0.3 is 9.30 Å². The molecule has 0 spiro atoms. The van der Waals surface area contributed by atoms with Gasteiger partial charge in [0.25, 0.3) is 0 Å². The van der Waals surface area contributed by atoms with Crippen LogP contribution in [0.3, 0.4) is 0 Å². The maximum atomic E-state index is 13.5. The Bertz CT molecular complexity index is 1130. The fraction of sp³-hybridized carbons (Fsp3) is 0.100. The van der Waals surface area contributed by atoms with E-state index in [0.29, 0.717) is 16.8 Å². The zero-order valence-electron chi connectivity index (χ0n) is 13.9. The molecule has 4 aromatic rings. The summed E-state index contributed by atoms with van der Waals surface area (Å²) in [6.45, 7) is 0.253. The fourth-order valence-corrected chi connectivity index (χ4v) is 3.20. The number of rotatable bonds is 3. The highest BCUT2D eigenvalue weighted by Crippen LogP contribution is 2.29. The fourth-order valence-electron chi connectivity index (χ4n) is 3.20. The number of hydrogen-bond acceptors (Lipinski definition) is 3. The molecule has 0 bridgehead atoms. The minimum absolute atomic E-state index is 0.253. The molecule has 6 heteroatoms. The Morgan fingerprint density at radius 1 is 1.08 bits per heavy atom. The van der Waals surface area contributed by atoms with Crippen LogP contribution in [0.1, 0.15) is 15.9 Å². The standard InChI is InChI=1S/C20H14F2N2O2/c1-26-20(25)13-8-17-16-4-2-3-5-18(16)24(19(17)23-10-13)11-12-6-14(21)9-15(22)7-12/h2-10H,11H2,1H3. The average Bonchev–Trinajstić information content (AvgIpc) is 2.94. The molecule has 130 valence electrons. The van der Waals surface area contributed by atoms with Gasteiger partial charge in [-0.15, -0.1) is 0 Å². The molecule has 26 heavy (non-hydrogen) atoms. The third kappa shape index (κ3) is 2.69. The number of ether oxygens (including phenoxy) is 1. The summed E-state index contributed by atoms with van der Waals surface area (Å²) in [4.78, 5) is 16.2. The lowest BCUT2D eigenvalue weighted by atomic mass is 10.1. The van der Waals surface area contributed by atoms with Gasteiger partial charge in [0.2, 0.25) is 0 Å². The predicted molar refractivity (Wildman–Crippen MR) is 94.0 cm³/mol. The van der Waals surface area contributed by atoms with Gasteiger partial charge in [-0.25, -0.2) is 18.6 Å². The van der Waals surface area contributed by atoms with Crippen molar-refractivity contribution in [2.75, 3.05) is 7.11 Å². The molecule has 0 N–H and O–H groups in total. The third-order valence-electron chi connectivity index (χ3n) is 4.29. The zero-order chi connectivity index (χ0) is 18.3. The lowest BCUT2D eigenvalue weighted by molar-refractivity contribution is 0.0600. The third-order valence-corrected chi connectivity index (χ3v) is 4.29. The zero-order valence-corrected chi connectivity index (χ0v) is 13.9. The van der Waals surface area contributed by atoms with E-state index in [1.54, 1.807) is 6.07 Å². The van der Waals surface area contributed by atoms with Gasteiger partial charge in [-0.1, -0.05) is 18.2 Å². The average molecular weight is 352 g/mol. The maximum Gasteiger partial charge on any atom is 0.339 e. The van der Waals surface area contributed by atoms with E-state index in [0.717, 1.165) is 22.4 Å². The van der Waals surface area contributed by atoms with Crippen LogP contribution >= 0.6 is 0 Å². The van der Waals surface area contributed by atoms with E-state index < -0.39 is 17.6 Å². The summed E-state index contributed by atoms with van der Waals surface area (Å²) < 4.78 is 33.7. The lowest BCUT2D eigenvalue weighted by Gasteiger charge is -2.08. The molecule has 4 rings (SSSR count). The number of halogens is 2. The number of pyridine rings is 1. The number of esters is 1. The molecule has 4 nitrogen and oxygen atoms in total. The van der Waals surface area contributed by atoms with Crippen molar-refractivity contribution < 1.29 is 18.3 Å². The van der Waals surface area contributed by atoms with Gasteiger partial charge in [-0.05, 0) is 29.8 Å². The summed E-state index contributed by atoms with van der Waals surface area (Å²) in [6.07, 6.45) is 1.44. The SMILES string of the molecule is COC(=O)c1cnc2c(c1)c1ccccc1n2Cc1cc(F)cc(F)c1. The van der Waals surface area contributed by atoms with Gasteiger partial charge >= 0.3 is 5.97 Å². The molecular formula is C20H14F2N2O2. The topological polar surface area (TPSA) is 44.1 Å². The number of carbonyl (C=O) groups is 1. The Morgan fingerprint density at radius 3 is 2.54 bits per heavy atom. The molecule has 0 aliphatic carbocycles. The number of nitrogens with zero attached hydrogens (tertiary/aromatic N) is 2. The Morgan fingerprint density at radius 2 is 1.81 bits per heavy atom. The molecule has 0 unspecified atom stereocenters. The largest absolute Gasteiger partial charge is 0.465 e. The molecule has 2 aromatic carbocycles. The van der Waals surface area contributed by atoms with Gasteiger partial charge in [0.15, 0.2) is 0 Å². The Kier molecular flexibility index (Phi) is 3.88. The summed E-state index contributed by atoms with van der Waals surface area (Å²) in [5.41, 5.74) is 2.33. The highest BCUT2D eigenvalue weighted by Gasteiger charge is 2.15. The first-order chi connectivity index (χ1) is 12.6. The van der Waals surface area contributed by atoms with Gasteiger partial charge in [0.05, 0.1) is 18.2 Å². The van der Waals surface area contributed by atoms with E-state index in [4.69, 9.17) is 4.74 Å². The number of para-hydroxylation sites is 1. The molecule has 2 heterocycles. The number of fused-ring (bicyclic) bond motifs is 3. The second kappa shape index (κ2) is 6.22. The highest BCUT2D eigenvalue weighted by atomic mass is 19.1. The van der Waals surface area contributed by atoms with E-state index in [9.17, 15) is 13.6 Å². The van der Waals surface area contributed by atoms with Crippen molar-refractivity contribution >= 4 is 27.9 Å². The molecule has 2 aromatic heterocycles. The number of carbonyl (C=O) groups excluding carboxylic acids is 1. The normalized spacial score (nSPS) is 11.2. The lowest BCUT2D eigenvalue weighted by Crippen LogP contribution is -2.04. The minimum Gasteiger partial charge on any atom is -0.465 e. The molecule has 0 amide bonds. The van der Waals surface area contributed by atoms with Crippen molar-refractivity contribution in [1.82, 2.24) is 9.55 Å². The highest BCUT2D eigenvalue weighted by molar-refractivity contribution is 6.08. The van der Waals surface area contributed by atoms with Crippen LogP contribution in [0.2, 0.25) is 0 Å². The van der Waals surface area contributed by atoms with Crippen molar-refractivity contribution in [3.05, 3.63) is 77.5 Å². The maximum absolute atomic E-state index is 13.5. The summed E-state index contributed by atoms with van der Waals surface area (Å²) >= 11 is 0. The van der Waals surface area contributed by atoms with E-state index in [1.165, 1.54) is 25.4 Å². The summed E-state index contributed by atoms with van der Waals surface area (Å²) in [5, 5.41) is 1.68. The van der Waals surface area contributed by atoms with Crippen molar-refractivity contribution in [3.8, 4) is 0 Å². The second-order valence-electron chi connectivity index (χ2n) is 5.97. The van der Waals surface area contributed by atoms with Gasteiger partial charge in [-0.3, -0.25) is 0 Å². The van der Waals surface area contributed by atoms with E-state index >= 15 is 0 Å². The quantitative estimate of drug-likeness (QED) is 0.516. The molecule has 0 saturated carbocycles. The first-order valence-corrected chi connectivity index (χ1v) is 7.97. The molecule has 0 fully saturated rings. The summed E-state index contributed by atoms with van der Waals surface area (Å²) in [6, 6.07) is 12.8. The van der Waals surface area contributed by atoms with Crippen molar-refractivity contribution in [3.63, 3.8) is 0 Å². The number of hydrogen-bond donors (Lipinski definition) is 0. The predicted octanol–water partition coefficient (Wildman–Crippen LogP) is 4.30. The first kappa shape index (κ1) is 16.2. The van der Waals surface area contributed by atoms with Crippen LogP contribution in [0.4, 0.5) is 8.78 Å².